The van der Waals surface area contributed by atoms with Crippen LogP contribution in [0, 0.1) is 0 Å². The van der Waals surface area contributed by atoms with Crippen LogP contribution < -0.4 is 4.74 Å². The van der Waals surface area contributed by atoms with Crippen molar-refractivity contribution < 1.29 is 23.7 Å². The fraction of sp³-hybridized carbons (Fsp3) is 0.409. The molecular weight excluding hydrogens is 344 g/mol. The van der Waals surface area contributed by atoms with Gasteiger partial charge in [0.25, 0.3) is 0 Å². The molecule has 0 aliphatic heterocycles. The zero-order valence-corrected chi connectivity index (χ0v) is 16.2. The molecular formula is C22H28O5. The molecule has 0 saturated carbocycles. The average molecular weight is 372 g/mol. The molecule has 5 heteroatoms. The minimum absolute atomic E-state index is 0.147. The standard InChI is InChI=1S/C22H28O5/c1-17(2)27-22(23)15-21(25-14-13-24-3)19-9-11-20(12-10-19)26-16-18-7-5-4-6-8-18/h4-12,17,21H,13-16H2,1-3H3. The second kappa shape index (κ2) is 11.4. The lowest BCUT2D eigenvalue weighted by molar-refractivity contribution is -0.151. The second-order valence-corrected chi connectivity index (χ2v) is 6.44. The molecule has 0 saturated heterocycles. The van der Waals surface area contributed by atoms with E-state index in [2.05, 4.69) is 0 Å². The molecule has 0 amide bonds. The Morgan fingerprint density at radius 3 is 2.30 bits per heavy atom. The number of carbonyl (C=O) groups excluding carboxylic acids is 1. The van der Waals surface area contributed by atoms with Crippen molar-refractivity contribution in [3.8, 4) is 5.75 Å². The van der Waals surface area contributed by atoms with Crippen LogP contribution in [0.3, 0.4) is 0 Å². The lowest BCUT2D eigenvalue weighted by Gasteiger charge is -2.19. The van der Waals surface area contributed by atoms with Crippen LogP contribution in [0.4, 0.5) is 0 Å². The summed E-state index contributed by atoms with van der Waals surface area (Å²) < 4.78 is 21.9. The lowest BCUT2D eigenvalue weighted by atomic mass is 10.1. The van der Waals surface area contributed by atoms with Gasteiger partial charge in [-0.1, -0.05) is 42.5 Å². The van der Waals surface area contributed by atoms with Gasteiger partial charge in [0.15, 0.2) is 0 Å². The third kappa shape index (κ3) is 7.81. The normalized spacial score (nSPS) is 12.0. The van der Waals surface area contributed by atoms with Crippen molar-refractivity contribution in [2.75, 3.05) is 20.3 Å². The smallest absolute Gasteiger partial charge is 0.309 e. The highest BCUT2D eigenvalue weighted by atomic mass is 16.5. The van der Waals surface area contributed by atoms with Gasteiger partial charge in [-0.2, -0.15) is 0 Å². The van der Waals surface area contributed by atoms with Crippen molar-refractivity contribution in [1.82, 2.24) is 0 Å². The lowest BCUT2D eigenvalue weighted by Crippen LogP contribution is -2.18. The van der Waals surface area contributed by atoms with Crippen molar-refractivity contribution in [3.05, 3.63) is 65.7 Å². The summed E-state index contributed by atoms with van der Waals surface area (Å²) in [5.74, 6) is 0.486. The Balaban J connectivity index is 1.97. The van der Waals surface area contributed by atoms with Crippen LogP contribution in [0.2, 0.25) is 0 Å². The molecule has 5 nitrogen and oxygen atoms in total. The van der Waals surface area contributed by atoms with Gasteiger partial charge < -0.3 is 18.9 Å². The maximum absolute atomic E-state index is 12.0. The Labute approximate surface area is 161 Å². The predicted molar refractivity (Wildman–Crippen MR) is 104 cm³/mol. The highest BCUT2D eigenvalue weighted by molar-refractivity contribution is 5.70. The van der Waals surface area contributed by atoms with Crippen LogP contribution in [0.1, 0.15) is 37.5 Å². The number of hydrogen-bond acceptors (Lipinski definition) is 5. The number of methoxy groups -OCH3 is 1. The maximum atomic E-state index is 12.0. The van der Waals surface area contributed by atoms with E-state index < -0.39 is 0 Å². The summed E-state index contributed by atoms with van der Waals surface area (Å²) in [4.78, 5) is 12.0. The van der Waals surface area contributed by atoms with Gasteiger partial charge in [-0.25, -0.2) is 0 Å². The first-order valence-corrected chi connectivity index (χ1v) is 9.15. The summed E-state index contributed by atoms with van der Waals surface area (Å²) in [6.07, 6.45) is -0.369. The van der Waals surface area contributed by atoms with Crippen molar-refractivity contribution in [2.45, 2.75) is 39.1 Å². The molecule has 2 rings (SSSR count). The molecule has 0 aliphatic rings. The maximum Gasteiger partial charge on any atom is 0.309 e. The molecule has 0 bridgehead atoms. The molecule has 0 fully saturated rings. The van der Waals surface area contributed by atoms with Gasteiger partial charge in [0, 0.05) is 7.11 Å². The molecule has 0 spiro atoms. The molecule has 2 aromatic carbocycles. The predicted octanol–water partition coefficient (Wildman–Crippen LogP) is 4.31. The first-order valence-electron chi connectivity index (χ1n) is 9.15. The Kier molecular flexibility index (Phi) is 8.81. The molecule has 0 radical (unpaired) electrons. The van der Waals surface area contributed by atoms with E-state index in [0.717, 1.165) is 16.9 Å². The SMILES string of the molecule is COCCOC(CC(=O)OC(C)C)c1ccc(OCc2ccccc2)cc1. The molecule has 0 aromatic heterocycles. The van der Waals surface area contributed by atoms with E-state index in [1.807, 2.05) is 68.4 Å². The highest BCUT2D eigenvalue weighted by Gasteiger charge is 2.19. The molecule has 0 heterocycles. The van der Waals surface area contributed by atoms with Gasteiger partial charge in [-0.15, -0.1) is 0 Å². The summed E-state index contributed by atoms with van der Waals surface area (Å²) in [6.45, 7) is 5.04. The fourth-order valence-corrected chi connectivity index (χ4v) is 2.53. The van der Waals surface area contributed by atoms with Crippen molar-refractivity contribution in [2.24, 2.45) is 0 Å². The quantitative estimate of drug-likeness (QED) is 0.434. The molecule has 0 N–H and O–H groups in total. The van der Waals surface area contributed by atoms with Crippen LogP contribution >= 0.6 is 0 Å². The average Bonchev–Trinajstić information content (AvgIpc) is 2.66. The Bertz CT molecular complexity index is 667. The van der Waals surface area contributed by atoms with Crippen molar-refractivity contribution in [3.63, 3.8) is 0 Å². The Hall–Kier alpha value is -2.37. The van der Waals surface area contributed by atoms with Crippen molar-refractivity contribution >= 4 is 5.97 Å². The first-order chi connectivity index (χ1) is 13.1. The third-order valence-corrected chi connectivity index (χ3v) is 3.83. The molecule has 1 unspecified atom stereocenters. The Morgan fingerprint density at radius 1 is 0.963 bits per heavy atom. The summed E-state index contributed by atoms with van der Waals surface area (Å²) >= 11 is 0. The van der Waals surface area contributed by atoms with Gasteiger partial charge in [0.05, 0.1) is 31.8 Å². The van der Waals surface area contributed by atoms with E-state index in [4.69, 9.17) is 18.9 Å². The van der Waals surface area contributed by atoms with Gasteiger partial charge in [-0.3, -0.25) is 4.79 Å². The van der Waals surface area contributed by atoms with Gasteiger partial charge >= 0.3 is 5.97 Å². The zero-order chi connectivity index (χ0) is 19.5. The summed E-state index contributed by atoms with van der Waals surface area (Å²) in [5, 5.41) is 0. The van der Waals surface area contributed by atoms with Crippen LogP contribution in [0.5, 0.6) is 5.75 Å². The topological polar surface area (TPSA) is 54.0 Å². The third-order valence-electron chi connectivity index (χ3n) is 3.83. The first kappa shape index (κ1) is 20.9. The number of ether oxygens (including phenoxy) is 4. The van der Waals surface area contributed by atoms with Gasteiger partial charge in [0.2, 0.25) is 0 Å². The van der Waals surface area contributed by atoms with E-state index in [9.17, 15) is 4.79 Å². The van der Waals surface area contributed by atoms with E-state index in [1.165, 1.54) is 0 Å². The minimum atomic E-state index is -0.380. The summed E-state index contributed by atoms with van der Waals surface area (Å²) in [6, 6.07) is 17.6. The molecule has 27 heavy (non-hydrogen) atoms. The van der Waals surface area contributed by atoms with Crippen molar-refractivity contribution in [1.29, 1.82) is 0 Å². The van der Waals surface area contributed by atoms with E-state index in [0.29, 0.717) is 19.8 Å². The van der Waals surface area contributed by atoms with E-state index in [1.54, 1.807) is 7.11 Å². The Morgan fingerprint density at radius 2 is 1.67 bits per heavy atom. The zero-order valence-electron chi connectivity index (χ0n) is 16.2. The van der Waals surface area contributed by atoms with E-state index >= 15 is 0 Å². The number of carbonyl (C=O) groups is 1. The number of hydrogen-bond donors (Lipinski definition) is 0. The minimum Gasteiger partial charge on any atom is -0.489 e. The van der Waals surface area contributed by atoms with Gasteiger partial charge in [0.1, 0.15) is 12.4 Å². The molecule has 1 atom stereocenters. The monoisotopic (exact) mass is 372 g/mol. The molecule has 146 valence electrons. The second-order valence-electron chi connectivity index (χ2n) is 6.44. The molecule has 0 aliphatic carbocycles. The highest BCUT2D eigenvalue weighted by Crippen LogP contribution is 2.25. The molecule has 2 aromatic rings. The fourth-order valence-electron chi connectivity index (χ4n) is 2.53. The van der Waals surface area contributed by atoms with Gasteiger partial charge in [-0.05, 0) is 37.1 Å². The van der Waals surface area contributed by atoms with E-state index in [-0.39, 0.29) is 24.6 Å². The number of benzene rings is 2. The van der Waals surface area contributed by atoms with Crippen LogP contribution in [-0.4, -0.2) is 32.4 Å². The van der Waals surface area contributed by atoms with Crippen LogP contribution in [-0.2, 0) is 25.6 Å². The summed E-state index contributed by atoms with van der Waals surface area (Å²) in [5.41, 5.74) is 2.01. The van der Waals surface area contributed by atoms with Crippen LogP contribution in [0.25, 0.3) is 0 Å². The number of esters is 1. The van der Waals surface area contributed by atoms with Crippen LogP contribution in [0.15, 0.2) is 54.6 Å². The summed E-state index contributed by atoms with van der Waals surface area (Å²) in [7, 11) is 1.62. The largest absolute Gasteiger partial charge is 0.489 e. The number of rotatable bonds is 11.